The van der Waals surface area contributed by atoms with Gasteiger partial charge in [0.2, 0.25) is 0 Å². The number of hydrogen-bond donors (Lipinski definition) is 1. The molecule has 1 unspecified atom stereocenters. The zero-order valence-electron chi connectivity index (χ0n) is 9.31. The molecule has 0 radical (unpaired) electrons. The second-order valence-electron chi connectivity index (χ2n) is 4.29. The third kappa shape index (κ3) is 3.39. The lowest BCUT2D eigenvalue weighted by Crippen LogP contribution is -2.04. The van der Waals surface area contributed by atoms with E-state index in [9.17, 15) is 9.90 Å². The first kappa shape index (κ1) is 11.8. The van der Waals surface area contributed by atoms with Gasteiger partial charge in [0, 0.05) is 6.42 Å². The number of para-hydroxylation sites is 1. The number of rotatable bonds is 5. The van der Waals surface area contributed by atoms with Crippen LogP contribution in [0.4, 0.5) is 0 Å². The Morgan fingerprint density at radius 1 is 1.33 bits per heavy atom. The minimum absolute atomic E-state index is 0.142. The smallest absolute Gasteiger partial charge is 0.120 e. The molecule has 0 aromatic heterocycles. The Morgan fingerprint density at radius 3 is 2.53 bits per heavy atom. The van der Waals surface area contributed by atoms with Gasteiger partial charge in [0.05, 0.1) is 0 Å². The normalized spacial score (nSPS) is 12.7. The SMILES string of the molecule is CC(C)CC(CC=O)c1ccccc1O. The highest BCUT2D eigenvalue weighted by molar-refractivity contribution is 5.52. The maximum absolute atomic E-state index is 10.6. The first-order valence-electron chi connectivity index (χ1n) is 5.36. The summed E-state index contributed by atoms with van der Waals surface area (Å²) in [7, 11) is 0. The standard InChI is InChI=1S/C13H18O2/c1-10(2)9-11(7-8-14)12-5-3-4-6-13(12)15/h3-6,8,10-11,15H,7,9H2,1-2H3. The van der Waals surface area contributed by atoms with E-state index in [-0.39, 0.29) is 5.92 Å². The van der Waals surface area contributed by atoms with Gasteiger partial charge in [-0.2, -0.15) is 0 Å². The summed E-state index contributed by atoms with van der Waals surface area (Å²) in [5.74, 6) is 0.961. The largest absolute Gasteiger partial charge is 0.508 e. The van der Waals surface area contributed by atoms with Crippen LogP contribution in [0.1, 0.15) is 38.2 Å². The number of phenols is 1. The van der Waals surface area contributed by atoms with E-state index in [4.69, 9.17) is 0 Å². The number of carbonyl (C=O) groups is 1. The van der Waals surface area contributed by atoms with Crippen molar-refractivity contribution in [2.45, 2.75) is 32.6 Å². The fourth-order valence-corrected chi connectivity index (χ4v) is 1.87. The summed E-state index contributed by atoms with van der Waals surface area (Å²) < 4.78 is 0. The van der Waals surface area contributed by atoms with E-state index < -0.39 is 0 Å². The minimum Gasteiger partial charge on any atom is -0.508 e. The Kier molecular flexibility index (Phi) is 4.35. The molecule has 0 fully saturated rings. The van der Waals surface area contributed by atoms with Crippen LogP contribution in [-0.4, -0.2) is 11.4 Å². The third-order valence-electron chi connectivity index (χ3n) is 2.51. The van der Waals surface area contributed by atoms with Gasteiger partial charge in [0.25, 0.3) is 0 Å². The molecule has 0 heterocycles. The van der Waals surface area contributed by atoms with Crippen molar-refractivity contribution in [2.75, 3.05) is 0 Å². The second-order valence-corrected chi connectivity index (χ2v) is 4.29. The summed E-state index contributed by atoms with van der Waals surface area (Å²) in [6, 6.07) is 7.26. The number of aldehydes is 1. The molecule has 0 spiro atoms. The predicted molar refractivity (Wildman–Crippen MR) is 61.0 cm³/mol. The van der Waals surface area contributed by atoms with E-state index in [1.54, 1.807) is 12.1 Å². The molecule has 0 amide bonds. The van der Waals surface area contributed by atoms with Gasteiger partial charge < -0.3 is 9.90 Å². The molecule has 1 aromatic carbocycles. The molecule has 0 bridgehead atoms. The molecule has 0 saturated carbocycles. The second kappa shape index (κ2) is 5.54. The van der Waals surface area contributed by atoms with Gasteiger partial charge in [-0.1, -0.05) is 32.0 Å². The number of hydrogen-bond acceptors (Lipinski definition) is 2. The highest BCUT2D eigenvalue weighted by Crippen LogP contribution is 2.32. The van der Waals surface area contributed by atoms with Gasteiger partial charge in [-0.15, -0.1) is 0 Å². The molecule has 0 aliphatic rings. The fraction of sp³-hybridized carbons (Fsp3) is 0.462. The zero-order chi connectivity index (χ0) is 11.3. The molecular weight excluding hydrogens is 188 g/mol. The quantitative estimate of drug-likeness (QED) is 0.751. The summed E-state index contributed by atoms with van der Waals surface area (Å²) in [6.45, 7) is 4.25. The first-order valence-corrected chi connectivity index (χ1v) is 5.36. The Balaban J connectivity index is 2.88. The van der Waals surface area contributed by atoms with Crippen molar-refractivity contribution in [2.24, 2.45) is 5.92 Å². The van der Waals surface area contributed by atoms with Crippen molar-refractivity contribution >= 4 is 6.29 Å². The van der Waals surface area contributed by atoms with Crippen molar-refractivity contribution in [3.05, 3.63) is 29.8 Å². The highest BCUT2D eigenvalue weighted by atomic mass is 16.3. The van der Waals surface area contributed by atoms with Gasteiger partial charge >= 0.3 is 0 Å². The van der Waals surface area contributed by atoms with Crippen molar-refractivity contribution in [1.29, 1.82) is 0 Å². The fourth-order valence-electron chi connectivity index (χ4n) is 1.87. The summed E-state index contributed by atoms with van der Waals surface area (Å²) in [6.07, 6.45) is 2.34. The van der Waals surface area contributed by atoms with Gasteiger partial charge in [0.1, 0.15) is 12.0 Å². The van der Waals surface area contributed by atoms with E-state index in [0.29, 0.717) is 18.1 Å². The molecule has 1 rings (SSSR count). The van der Waals surface area contributed by atoms with Crippen LogP contribution in [0.25, 0.3) is 0 Å². The summed E-state index contributed by atoms with van der Waals surface area (Å²) in [4.78, 5) is 10.6. The van der Waals surface area contributed by atoms with E-state index in [2.05, 4.69) is 13.8 Å². The van der Waals surface area contributed by atoms with E-state index in [0.717, 1.165) is 18.3 Å². The van der Waals surface area contributed by atoms with Crippen molar-refractivity contribution in [1.82, 2.24) is 0 Å². The Hall–Kier alpha value is -1.31. The molecule has 1 N–H and O–H groups in total. The molecule has 1 aromatic rings. The molecule has 0 aliphatic heterocycles. The Bertz CT molecular complexity index is 318. The number of carbonyl (C=O) groups excluding carboxylic acids is 1. The van der Waals surface area contributed by atoms with E-state index >= 15 is 0 Å². The molecular formula is C13H18O2. The van der Waals surface area contributed by atoms with Gasteiger partial charge in [0.15, 0.2) is 0 Å². The monoisotopic (exact) mass is 206 g/mol. The van der Waals surface area contributed by atoms with E-state index in [1.165, 1.54) is 0 Å². The van der Waals surface area contributed by atoms with Crippen LogP contribution in [0.15, 0.2) is 24.3 Å². The Morgan fingerprint density at radius 2 is 2.00 bits per heavy atom. The Labute approximate surface area is 90.9 Å². The number of aromatic hydroxyl groups is 1. The van der Waals surface area contributed by atoms with Crippen molar-refractivity contribution in [3.8, 4) is 5.75 Å². The summed E-state index contributed by atoms with van der Waals surface area (Å²) in [5.41, 5.74) is 0.887. The molecule has 82 valence electrons. The summed E-state index contributed by atoms with van der Waals surface area (Å²) >= 11 is 0. The molecule has 2 nitrogen and oxygen atoms in total. The lowest BCUT2D eigenvalue weighted by Gasteiger charge is -2.17. The highest BCUT2D eigenvalue weighted by Gasteiger charge is 2.15. The maximum atomic E-state index is 10.6. The van der Waals surface area contributed by atoms with Crippen LogP contribution in [0.5, 0.6) is 5.75 Å². The van der Waals surface area contributed by atoms with Crippen molar-refractivity contribution in [3.63, 3.8) is 0 Å². The molecule has 15 heavy (non-hydrogen) atoms. The average molecular weight is 206 g/mol. The van der Waals surface area contributed by atoms with Crippen molar-refractivity contribution < 1.29 is 9.90 Å². The van der Waals surface area contributed by atoms with Crippen LogP contribution in [0.2, 0.25) is 0 Å². The van der Waals surface area contributed by atoms with E-state index in [1.807, 2.05) is 12.1 Å². The third-order valence-corrected chi connectivity index (χ3v) is 2.51. The molecule has 2 heteroatoms. The van der Waals surface area contributed by atoms with Crippen LogP contribution in [-0.2, 0) is 4.79 Å². The van der Waals surface area contributed by atoms with Crippen LogP contribution >= 0.6 is 0 Å². The van der Waals surface area contributed by atoms with Crippen LogP contribution < -0.4 is 0 Å². The zero-order valence-corrected chi connectivity index (χ0v) is 9.31. The lowest BCUT2D eigenvalue weighted by atomic mass is 9.88. The maximum Gasteiger partial charge on any atom is 0.120 e. The van der Waals surface area contributed by atoms with Crippen LogP contribution in [0, 0.1) is 5.92 Å². The average Bonchev–Trinajstić information content (AvgIpc) is 2.17. The number of phenolic OH excluding ortho intramolecular Hbond substituents is 1. The molecule has 0 saturated heterocycles. The van der Waals surface area contributed by atoms with Gasteiger partial charge in [-0.3, -0.25) is 0 Å². The van der Waals surface area contributed by atoms with Gasteiger partial charge in [-0.25, -0.2) is 0 Å². The first-order chi connectivity index (χ1) is 7.15. The molecule has 1 atom stereocenters. The lowest BCUT2D eigenvalue weighted by molar-refractivity contribution is -0.108. The minimum atomic E-state index is 0.142. The van der Waals surface area contributed by atoms with Crippen LogP contribution in [0.3, 0.4) is 0 Å². The predicted octanol–water partition coefficient (Wildman–Crippen LogP) is 3.11. The molecule has 0 aliphatic carbocycles. The number of benzene rings is 1. The topological polar surface area (TPSA) is 37.3 Å². The summed E-state index contributed by atoms with van der Waals surface area (Å²) in [5, 5.41) is 9.70. The van der Waals surface area contributed by atoms with Gasteiger partial charge in [-0.05, 0) is 29.9 Å².